The van der Waals surface area contributed by atoms with Gasteiger partial charge in [0.15, 0.2) is 0 Å². The molecule has 4 amide bonds. The Morgan fingerprint density at radius 2 is 1.91 bits per heavy atom. The Kier molecular flexibility index (Phi) is 5.68. The highest BCUT2D eigenvalue weighted by molar-refractivity contribution is 7.10. The molecule has 1 aliphatic carbocycles. The third kappa shape index (κ3) is 3.92. The Morgan fingerprint density at radius 3 is 2.70 bits per heavy atom. The van der Waals surface area contributed by atoms with Crippen molar-refractivity contribution in [3.63, 3.8) is 0 Å². The fraction of sp³-hybridized carbons (Fsp3) is 0.240. The molecule has 2 aromatic carbocycles. The maximum Gasteiger partial charge on any atom is 0.325 e. The van der Waals surface area contributed by atoms with Crippen molar-refractivity contribution in [2.75, 3.05) is 6.54 Å². The van der Waals surface area contributed by atoms with E-state index in [4.69, 9.17) is 11.6 Å². The minimum Gasteiger partial charge on any atom is -0.344 e. The van der Waals surface area contributed by atoms with Gasteiger partial charge in [-0.3, -0.25) is 14.5 Å². The summed E-state index contributed by atoms with van der Waals surface area (Å²) in [6, 6.07) is 17.7. The molecule has 0 saturated carbocycles. The number of thiophene rings is 1. The van der Waals surface area contributed by atoms with Gasteiger partial charge < -0.3 is 10.6 Å². The van der Waals surface area contributed by atoms with Gasteiger partial charge in [-0.2, -0.15) is 0 Å². The summed E-state index contributed by atoms with van der Waals surface area (Å²) >= 11 is 7.78. The van der Waals surface area contributed by atoms with Gasteiger partial charge in [-0.25, -0.2) is 4.79 Å². The molecular weight excluding hydrogens is 458 g/mol. The van der Waals surface area contributed by atoms with E-state index in [2.05, 4.69) is 10.6 Å². The third-order valence-electron chi connectivity index (χ3n) is 6.26. The monoisotopic (exact) mass is 479 g/mol. The van der Waals surface area contributed by atoms with E-state index in [1.165, 1.54) is 0 Å². The molecule has 1 aromatic heterocycles. The molecule has 1 aliphatic heterocycles. The van der Waals surface area contributed by atoms with E-state index in [1.54, 1.807) is 23.5 Å². The minimum absolute atomic E-state index is 0.351. The van der Waals surface area contributed by atoms with E-state index in [9.17, 15) is 14.4 Å². The summed E-state index contributed by atoms with van der Waals surface area (Å²) in [5, 5.41) is 8.37. The van der Waals surface area contributed by atoms with Crippen molar-refractivity contribution in [1.82, 2.24) is 15.5 Å². The molecule has 8 heteroatoms. The van der Waals surface area contributed by atoms with Gasteiger partial charge in [0.25, 0.3) is 5.91 Å². The van der Waals surface area contributed by atoms with Crippen LogP contribution in [0, 0.1) is 0 Å². The van der Waals surface area contributed by atoms with Crippen LogP contribution in [-0.2, 0) is 21.5 Å². The van der Waals surface area contributed by atoms with Gasteiger partial charge in [0, 0.05) is 15.5 Å². The van der Waals surface area contributed by atoms with Crippen LogP contribution in [0.5, 0.6) is 0 Å². The second-order valence-electron chi connectivity index (χ2n) is 8.30. The SMILES string of the molecule is O=C(CN1C(=O)NC2(CCCc3sccc32)C1=O)NC(c1ccccc1)c1cccc(Cl)c1. The normalized spacial score (nSPS) is 20.5. The molecule has 3 aromatic rings. The predicted molar refractivity (Wildman–Crippen MR) is 127 cm³/mol. The van der Waals surface area contributed by atoms with Gasteiger partial charge in [-0.15, -0.1) is 11.3 Å². The summed E-state index contributed by atoms with van der Waals surface area (Å²) in [6.45, 7) is -0.351. The first-order chi connectivity index (χ1) is 16.0. The largest absolute Gasteiger partial charge is 0.344 e. The van der Waals surface area contributed by atoms with Gasteiger partial charge in [0.2, 0.25) is 5.91 Å². The van der Waals surface area contributed by atoms with Crippen molar-refractivity contribution in [1.29, 1.82) is 0 Å². The molecule has 33 heavy (non-hydrogen) atoms. The molecule has 2 heterocycles. The molecule has 2 N–H and O–H groups in total. The molecule has 2 atom stereocenters. The number of urea groups is 1. The van der Waals surface area contributed by atoms with E-state index < -0.39 is 23.5 Å². The third-order valence-corrected chi connectivity index (χ3v) is 7.47. The van der Waals surface area contributed by atoms with Gasteiger partial charge in [-0.1, -0.05) is 54.1 Å². The lowest BCUT2D eigenvalue weighted by atomic mass is 9.80. The molecule has 5 rings (SSSR count). The van der Waals surface area contributed by atoms with Crippen LogP contribution in [0.25, 0.3) is 0 Å². The number of hydrogen-bond donors (Lipinski definition) is 2. The summed E-state index contributed by atoms with van der Waals surface area (Å²) in [5.41, 5.74) is 1.49. The van der Waals surface area contributed by atoms with Gasteiger partial charge >= 0.3 is 6.03 Å². The molecule has 1 saturated heterocycles. The number of carbonyl (C=O) groups excluding carboxylic acids is 3. The zero-order chi connectivity index (χ0) is 23.0. The maximum absolute atomic E-state index is 13.4. The van der Waals surface area contributed by atoms with Crippen molar-refractivity contribution in [3.8, 4) is 0 Å². The Hall–Kier alpha value is -3.16. The molecule has 2 unspecified atom stereocenters. The number of benzene rings is 2. The Labute approximate surface area is 200 Å². The summed E-state index contributed by atoms with van der Waals surface area (Å²) in [7, 11) is 0. The Balaban J connectivity index is 1.38. The first-order valence-corrected chi connectivity index (χ1v) is 12.0. The van der Waals surface area contributed by atoms with E-state index in [1.807, 2.05) is 53.9 Å². The van der Waals surface area contributed by atoms with Crippen LogP contribution < -0.4 is 10.6 Å². The summed E-state index contributed by atoms with van der Waals surface area (Å²) in [6.07, 6.45) is 2.25. The number of amides is 4. The van der Waals surface area contributed by atoms with Crippen LogP contribution in [-0.4, -0.2) is 29.3 Å². The second-order valence-corrected chi connectivity index (χ2v) is 9.74. The summed E-state index contributed by atoms with van der Waals surface area (Å²) < 4.78 is 0. The van der Waals surface area contributed by atoms with Gasteiger partial charge in [0.1, 0.15) is 12.1 Å². The van der Waals surface area contributed by atoms with Crippen molar-refractivity contribution >= 4 is 40.8 Å². The minimum atomic E-state index is -1.06. The van der Waals surface area contributed by atoms with Crippen molar-refractivity contribution in [2.45, 2.75) is 30.8 Å². The molecule has 6 nitrogen and oxygen atoms in total. The smallest absolute Gasteiger partial charge is 0.325 e. The highest BCUT2D eigenvalue weighted by Crippen LogP contribution is 2.42. The molecule has 2 aliphatic rings. The first-order valence-electron chi connectivity index (χ1n) is 10.8. The van der Waals surface area contributed by atoms with E-state index in [-0.39, 0.29) is 12.5 Å². The molecular formula is C25H22ClN3O3S. The molecule has 1 fully saturated rings. The molecule has 0 bridgehead atoms. The Morgan fingerprint density at radius 1 is 1.12 bits per heavy atom. The number of rotatable bonds is 5. The number of halogens is 1. The van der Waals surface area contributed by atoms with Crippen LogP contribution in [0.2, 0.25) is 5.02 Å². The maximum atomic E-state index is 13.4. The quantitative estimate of drug-likeness (QED) is 0.533. The average molecular weight is 480 g/mol. The number of aryl methyl sites for hydroxylation is 1. The van der Waals surface area contributed by atoms with Gasteiger partial charge in [-0.05, 0) is 54.0 Å². The second kappa shape index (κ2) is 8.65. The first kappa shape index (κ1) is 21.7. The van der Waals surface area contributed by atoms with Crippen molar-refractivity contribution in [3.05, 3.63) is 92.6 Å². The molecule has 168 valence electrons. The van der Waals surface area contributed by atoms with Gasteiger partial charge in [0.05, 0.1) is 6.04 Å². The van der Waals surface area contributed by atoms with E-state index >= 15 is 0 Å². The molecule has 1 spiro atoms. The van der Waals surface area contributed by atoms with Crippen LogP contribution in [0.15, 0.2) is 66.0 Å². The number of nitrogens with one attached hydrogen (secondary N) is 2. The number of fused-ring (bicyclic) bond motifs is 2. The number of imide groups is 1. The van der Waals surface area contributed by atoms with E-state index in [0.717, 1.165) is 39.3 Å². The fourth-order valence-corrected chi connectivity index (χ4v) is 5.92. The van der Waals surface area contributed by atoms with Crippen molar-refractivity contribution < 1.29 is 14.4 Å². The predicted octanol–water partition coefficient (Wildman–Crippen LogP) is 4.39. The fourth-order valence-electron chi connectivity index (χ4n) is 4.73. The molecule has 0 radical (unpaired) electrons. The Bertz CT molecular complexity index is 1230. The zero-order valence-electron chi connectivity index (χ0n) is 17.7. The van der Waals surface area contributed by atoms with Crippen molar-refractivity contribution in [2.24, 2.45) is 0 Å². The highest BCUT2D eigenvalue weighted by atomic mass is 35.5. The number of carbonyl (C=O) groups is 3. The highest BCUT2D eigenvalue weighted by Gasteiger charge is 2.54. The number of nitrogens with zero attached hydrogens (tertiary/aromatic N) is 1. The summed E-state index contributed by atoms with van der Waals surface area (Å²) in [4.78, 5) is 41.4. The zero-order valence-corrected chi connectivity index (χ0v) is 19.3. The van der Waals surface area contributed by atoms with E-state index in [0.29, 0.717) is 11.4 Å². The van der Waals surface area contributed by atoms with Crippen LogP contribution in [0.3, 0.4) is 0 Å². The lowest BCUT2D eigenvalue weighted by molar-refractivity contribution is -0.135. The van der Waals surface area contributed by atoms with Crippen LogP contribution in [0.4, 0.5) is 4.79 Å². The van der Waals surface area contributed by atoms with Crippen LogP contribution >= 0.6 is 22.9 Å². The topological polar surface area (TPSA) is 78.5 Å². The number of hydrogen-bond acceptors (Lipinski definition) is 4. The lowest BCUT2D eigenvalue weighted by Crippen LogP contribution is -2.47. The lowest BCUT2D eigenvalue weighted by Gasteiger charge is -2.31. The standard InChI is InChI=1S/C25H22ClN3O3S/c26-18-9-4-8-17(14-18)22(16-6-2-1-3-7-16)27-21(30)15-29-23(31)25(28-24(29)32)12-5-10-20-19(25)11-13-33-20/h1-4,6-9,11,13-14,22H,5,10,12,15H2,(H,27,30)(H,28,32). The summed E-state index contributed by atoms with van der Waals surface area (Å²) in [5.74, 6) is -0.785. The average Bonchev–Trinajstić information content (AvgIpc) is 3.39. The van der Waals surface area contributed by atoms with Crippen LogP contribution in [0.1, 0.15) is 40.5 Å².